The molecule has 2 aromatic carbocycles. The molecule has 0 N–H and O–H groups in total. The van der Waals surface area contributed by atoms with Crippen molar-refractivity contribution >= 4 is 21.7 Å². The average molecular weight is 408 g/mol. The monoisotopic (exact) mass is 407 g/mol. The lowest BCUT2D eigenvalue weighted by atomic mass is 9.76. The van der Waals surface area contributed by atoms with E-state index in [0.717, 1.165) is 39.1 Å². The van der Waals surface area contributed by atoms with Crippen LogP contribution < -0.4 is 0 Å². The zero-order valence-electron chi connectivity index (χ0n) is 15.3. The first-order valence-corrected chi connectivity index (χ1v) is 9.75. The number of carbonyl (C=O) groups excluding carboxylic acids is 1. The van der Waals surface area contributed by atoms with Gasteiger partial charge in [-0.25, -0.2) is 0 Å². The van der Waals surface area contributed by atoms with E-state index in [1.807, 2.05) is 18.2 Å². The average Bonchev–Trinajstić information content (AvgIpc) is 2.94. The van der Waals surface area contributed by atoms with Gasteiger partial charge >= 0.3 is 0 Å². The Morgan fingerprint density at radius 3 is 2.42 bits per heavy atom. The third kappa shape index (κ3) is 2.95. The topological polar surface area (TPSA) is 22.0 Å². The molecule has 0 saturated carbocycles. The van der Waals surface area contributed by atoms with Crippen molar-refractivity contribution < 1.29 is 4.79 Å². The van der Waals surface area contributed by atoms with Crippen molar-refractivity contribution in [1.29, 1.82) is 0 Å². The molecule has 0 bridgehead atoms. The molecule has 0 unspecified atom stereocenters. The molecule has 3 heteroatoms. The van der Waals surface area contributed by atoms with Crippen molar-refractivity contribution in [2.45, 2.75) is 33.6 Å². The zero-order valence-corrected chi connectivity index (χ0v) is 16.9. The summed E-state index contributed by atoms with van der Waals surface area (Å²) in [5.41, 5.74) is 6.46. The quantitative estimate of drug-likeness (QED) is 0.483. The Kier molecular flexibility index (Phi) is 4.15. The number of fused-ring (bicyclic) bond motifs is 1. The molecule has 0 spiro atoms. The van der Waals surface area contributed by atoms with Gasteiger partial charge in [-0.2, -0.15) is 0 Å². The lowest BCUT2D eigenvalue weighted by molar-refractivity contribution is 0.0911. The van der Waals surface area contributed by atoms with Crippen LogP contribution in [0, 0.1) is 12.3 Å². The first-order chi connectivity index (χ1) is 12.4. The van der Waals surface area contributed by atoms with E-state index >= 15 is 0 Å². The largest absolute Gasteiger partial charge is 0.312 e. The van der Waals surface area contributed by atoms with Crippen LogP contribution in [-0.4, -0.2) is 10.4 Å². The molecule has 0 fully saturated rings. The van der Waals surface area contributed by atoms with Crippen LogP contribution >= 0.6 is 15.9 Å². The Morgan fingerprint density at radius 2 is 1.73 bits per heavy atom. The number of benzene rings is 2. The van der Waals surface area contributed by atoms with Gasteiger partial charge in [0.05, 0.1) is 11.4 Å². The van der Waals surface area contributed by atoms with Gasteiger partial charge in [-0.1, -0.05) is 50.2 Å². The van der Waals surface area contributed by atoms with Gasteiger partial charge in [0.1, 0.15) is 0 Å². The molecule has 26 heavy (non-hydrogen) atoms. The van der Waals surface area contributed by atoms with E-state index in [0.29, 0.717) is 6.42 Å². The van der Waals surface area contributed by atoms with Crippen molar-refractivity contribution in [3.63, 3.8) is 0 Å². The summed E-state index contributed by atoms with van der Waals surface area (Å²) in [5.74, 6) is 0.246. The predicted molar refractivity (Wildman–Crippen MR) is 110 cm³/mol. The fourth-order valence-corrected chi connectivity index (χ4v) is 4.57. The van der Waals surface area contributed by atoms with Gasteiger partial charge in [0, 0.05) is 22.2 Å². The summed E-state index contributed by atoms with van der Waals surface area (Å²) in [6.07, 6.45) is 1.49. The number of Topliss-reactive ketones (excluding diaryl/α,β-unsaturated/α-hetero) is 1. The Bertz CT molecular complexity index is 999. The van der Waals surface area contributed by atoms with Crippen LogP contribution in [0.25, 0.3) is 16.9 Å². The maximum Gasteiger partial charge on any atom is 0.165 e. The number of ketones is 1. The van der Waals surface area contributed by atoms with Crippen LogP contribution in [-0.2, 0) is 6.42 Å². The van der Waals surface area contributed by atoms with E-state index in [1.54, 1.807) is 0 Å². The van der Waals surface area contributed by atoms with E-state index in [1.165, 1.54) is 5.56 Å². The molecule has 0 saturated heterocycles. The Hall–Kier alpha value is -2.13. The number of aryl methyl sites for hydroxylation is 1. The molecule has 0 radical (unpaired) electrons. The highest BCUT2D eigenvalue weighted by molar-refractivity contribution is 9.10. The number of aromatic nitrogens is 1. The Balaban J connectivity index is 2.03. The molecule has 0 aliphatic heterocycles. The normalized spacial score (nSPS) is 15.8. The number of halogens is 1. The summed E-state index contributed by atoms with van der Waals surface area (Å²) in [7, 11) is 0. The summed E-state index contributed by atoms with van der Waals surface area (Å²) >= 11 is 3.74. The first kappa shape index (κ1) is 17.3. The maximum atomic E-state index is 12.8. The van der Waals surface area contributed by atoms with Gasteiger partial charge < -0.3 is 4.57 Å². The standard InChI is InChI=1S/C23H22BrNO/c1-15-9-10-19(18(24)11-15)25-20(16-7-5-4-6-8-16)12-17-21(25)13-23(2,3)14-22(17)26/h4-12H,13-14H2,1-3H3. The van der Waals surface area contributed by atoms with Crippen molar-refractivity contribution in [3.8, 4) is 16.9 Å². The molecule has 2 nitrogen and oxygen atoms in total. The highest BCUT2D eigenvalue weighted by Crippen LogP contribution is 2.41. The Labute approximate surface area is 163 Å². The summed E-state index contributed by atoms with van der Waals surface area (Å²) in [4.78, 5) is 12.8. The number of hydrogen-bond acceptors (Lipinski definition) is 1. The second-order valence-corrected chi connectivity index (χ2v) is 8.84. The van der Waals surface area contributed by atoms with Gasteiger partial charge in [-0.3, -0.25) is 4.79 Å². The third-order valence-electron chi connectivity index (χ3n) is 5.10. The van der Waals surface area contributed by atoms with E-state index in [4.69, 9.17) is 0 Å². The summed E-state index contributed by atoms with van der Waals surface area (Å²) < 4.78 is 3.32. The van der Waals surface area contributed by atoms with Crippen molar-refractivity contribution in [2.75, 3.05) is 0 Å². The van der Waals surface area contributed by atoms with Gasteiger partial charge in [0.15, 0.2) is 5.78 Å². The summed E-state index contributed by atoms with van der Waals surface area (Å²) in [5, 5.41) is 0. The molecule has 1 aliphatic rings. The SMILES string of the molecule is Cc1ccc(-n2c(-c3ccccc3)cc3c2CC(C)(C)CC3=O)c(Br)c1. The van der Waals surface area contributed by atoms with Crippen LogP contribution in [0.15, 0.2) is 59.1 Å². The minimum atomic E-state index is -0.0225. The fraction of sp³-hybridized carbons (Fsp3) is 0.261. The van der Waals surface area contributed by atoms with E-state index in [2.05, 4.69) is 77.7 Å². The predicted octanol–water partition coefficient (Wildman–Crippen LogP) is 6.37. The molecule has 132 valence electrons. The fourth-order valence-electron chi connectivity index (χ4n) is 3.90. The molecule has 0 atom stereocenters. The van der Waals surface area contributed by atoms with Crippen molar-refractivity contribution in [1.82, 2.24) is 4.57 Å². The van der Waals surface area contributed by atoms with Gasteiger partial charge in [0.25, 0.3) is 0 Å². The first-order valence-electron chi connectivity index (χ1n) is 8.95. The van der Waals surface area contributed by atoms with Gasteiger partial charge in [0.2, 0.25) is 0 Å². The molecular formula is C23H22BrNO. The molecule has 4 rings (SSSR count). The summed E-state index contributed by atoms with van der Waals surface area (Å²) in [6.45, 7) is 6.44. The summed E-state index contributed by atoms with van der Waals surface area (Å²) in [6, 6.07) is 18.8. The second-order valence-electron chi connectivity index (χ2n) is 7.99. The smallest absolute Gasteiger partial charge is 0.165 e. The van der Waals surface area contributed by atoms with Crippen LogP contribution in [0.2, 0.25) is 0 Å². The molecule has 1 heterocycles. The number of hydrogen-bond donors (Lipinski definition) is 0. The van der Waals surface area contributed by atoms with E-state index < -0.39 is 0 Å². The number of nitrogens with zero attached hydrogens (tertiary/aromatic N) is 1. The molecular weight excluding hydrogens is 386 g/mol. The van der Waals surface area contributed by atoms with E-state index in [-0.39, 0.29) is 11.2 Å². The molecule has 3 aromatic rings. The van der Waals surface area contributed by atoms with Crippen LogP contribution in [0.3, 0.4) is 0 Å². The zero-order chi connectivity index (χ0) is 18.5. The highest BCUT2D eigenvalue weighted by atomic mass is 79.9. The number of rotatable bonds is 2. The van der Waals surface area contributed by atoms with Crippen LogP contribution in [0.1, 0.15) is 41.9 Å². The second kappa shape index (κ2) is 6.24. The highest BCUT2D eigenvalue weighted by Gasteiger charge is 2.35. The lowest BCUT2D eigenvalue weighted by Gasteiger charge is -2.30. The van der Waals surface area contributed by atoms with Crippen molar-refractivity contribution in [3.05, 3.63) is 75.9 Å². The molecule has 0 amide bonds. The minimum absolute atomic E-state index is 0.0225. The third-order valence-corrected chi connectivity index (χ3v) is 5.74. The molecule has 1 aromatic heterocycles. The van der Waals surface area contributed by atoms with Crippen LogP contribution in [0.5, 0.6) is 0 Å². The number of carbonyl (C=O) groups is 1. The van der Waals surface area contributed by atoms with Gasteiger partial charge in [-0.05, 0) is 64.0 Å². The van der Waals surface area contributed by atoms with Gasteiger partial charge in [-0.15, -0.1) is 0 Å². The van der Waals surface area contributed by atoms with Crippen LogP contribution in [0.4, 0.5) is 0 Å². The lowest BCUT2D eigenvalue weighted by Crippen LogP contribution is -2.27. The molecule has 1 aliphatic carbocycles. The minimum Gasteiger partial charge on any atom is -0.312 e. The Morgan fingerprint density at radius 1 is 1.00 bits per heavy atom. The van der Waals surface area contributed by atoms with Crippen molar-refractivity contribution in [2.24, 2.45) is 5.41 Å². The van der Waals surface area contributed by atoms with E-state index in [9.17, 15) is 4.79 Å². The maximum absolute atomic E-state index is 12.8.